The van der Waals surface area contributed by atoms with Crippen molar-refractivity contribution in [2.75, 3.05) is 18.4 Å². The lowest BCUT2D eigenvalue weighted by Crippen LogP contribution is -2.45. The average molecular weight is 291 g/mol. The van der Waals surface area contributed by atoms with Gasteiger partial charge in [0.2, 0.25) is 5.91 Å². The normalized spacial score (nSPS) is 24.6. The molecule has 3 atom stereocenters. The maximum atomic E-state index is 11.8. The van der Waals surface area contributed by atoms with E-state index < -0.39 is 6.04 Å². The summed E-state index contributed by atoms with van der Waals surface area (Å²) in [6, 6.07) is 7.36. The van der Waals surface area contributed by atoms with Crippen molar-refractivity contribution in [2.45, 2.75) is 45.6 Å². The Labute approximate surface area is 126 Å². The molecular formula is C16H25N3O2. The molecule has 1 saturated heterocycles. The molecule has 2 rings (SSSR count). The number of hydrogen-bond donors (Lipinski definition) is 2. The van der Waals surface area contributed by atoms with E-state index >= 15 is 0 Å². The molecular weight excluding hydrogens is 266 g/mol. The highest BCUT2D eigenvalue weighted by molar-refractivity contribution is 5.95. The summed E-state index contributed by atoms with van der Waals surface area (Å²) < 4.78 is 5.75. The number of ether oxygens (including phenoxy) is 1. The number of anilines is 1. The number of nitrogens with one attached hydrogen (secondary N) is 1. The fraction of sp³-hybridized carbons (Fsp3) is 0.562. The summed E-state index contributed by atoms with van der Waals surface area (Å²) in [5.74, 6) is -0.161. The van der Waals surface area contributed by atoms with Crippen molar-refractivity contribution in [1.82, 2.24) is 4.90 Å². The predicted octanol–water partition coefficient (Wildman–Crippen LogP) is 1.58. The van der Waals surface area contributed by atoms with Gasteiger partial charge >= 0.3 is 0 Å². The van der Waals surface area contributed by atoms with Crippen LogP contribution in [-0.4, -0.2) is 42.1 Å². The molecule has 1 fully saturated rings. The Bertz CT molecular complexity index is 480. The van der Waals surface area contributed by atoms with Crippen LogP contribution in [0, 0.1) is 0 Å². The molecule has 116 valence electrons. The summed E-state index contributed by atoms with van der Waals surface area (Å²) in [7, 11) is 0. The van der Waals surface area contributed by atoms with E-state index in [1.165, 1.54) is 0 Å². The quantitative estimate of drug-likeness (QED) is 0.884. The van der Waals surface area contributed by atoms with Crippen LogP contribution in [0.2, 0.25) is 0 Å². The zero-order chi connectivity index (χ0) is 15.4. The first-order valence-electron chi connectivity index (χ1n) is 7.48. The van der Waals surface area contributed by atoms with Gasteiger partial charge < -0.3 is 15.8 Å². The lowest BCUT2D eigenvalue weighted by molar-refractivity contribution is -0.117. The van der Waals surface area contributed by atoms with Crippen molar-refractivity contribution < 1.29 is 9.53 Å². The number of benzene rings is 1. The molecule has 1 aromatic carbocycles. The Morgan fingerprint density at radius 2 is 2.00 bits per heavy atom. The number of carbonyl (C=O) groups is 1. The van der Waals surface area contributed by atoms with E-state index in [4.69, 9.17) is 10.5 Å². The van der Waals surface area contributed by atoms with Gasteiger partial charge in [-0.2, -0.15) is 0 Å². The third-order valence-electron chi connectivity index (χ3n) is 3.58. The highest BCUT2D eigenvalue weighted by Gasteiger charge is 2.23. The zero-order valence-electron chi connectivity index (χ0n) is 13.0. The molecule has 0 aromatic heterocycles. The predicted molar refractivity (Wildman–Crippen MR) is 84.0 cm³/mol. The lowest BCUT2D eigenvalue weighted by atomic mass is 10.1. The van der Waals surface area contributed by atoms with Gasteiger partial charge in [-0.25, -0.2) is 0 Å². The Balaban J connectivity index is 2.07. The van der Waals surface area contributed by atoms with E-state index in [0.717, 1.165) is 30.9 Å². The third kappa shape index (κ3) is 4.52. The van der Waals surface area contributed by atoms with Gasteiger partial charge in [0.05, 0.1) is 18.2 Å². The second-order valence-corrected chi connectivity index (χ2v) is 5.89. The molecule has 3 unspecified atom stereocenters. The molecule has 0 saturated carbocycles. The van der Waals surface area contributed by atoms with E-state index in [0.29, 0.717) is 0 Å². The van der Waals surface area contributed by atoms with Gasteiger partial charge in [-0.1, -0.05) is 18.2 Å². The number of nitrogens with zero attached hydrogens (tertiary/aromatic N) is 1. The Kier molecular flexibility index (Phi) is 5.33. The summed E-state index contributed by atoms with van der Waals surface area (Å²) in [5.41, 5.74) is 7.56. The highest BCUT2D eigenvalue weighted by atomic mass is 16.5. The van der Waals surface area contributed by atoms with Crippen LogP contribution >= 0.6 is 0 Å². The third-order valence-corrected chi connectivity index (χ3v) is 3.58. The standard InChI is InChI=1S/C16H25N3O2/c1-11-8-19(9-12(2)21-11)10-14-6-4-5-7-15(14)18-16(20)13(3)17/h4-7,11-13H,8-10,17H2,1-3H3,(H,18,20). The Hall–Kier alpha value is -1.43. The van der Waals surface area contributed by atoms with Crippen molar-refractivity contribution in [3.8, 4) is 0 Å². The number of rotatable bonds is 4. The molecule has 1 aliphatic heterocycles. The fourth-order valence-corrected chi connectivity index (χ4v) is 2.68. The molecule has 1 heterocycles. The number of morpholine rings is 1. The van der Waals surface area contributed by atoms with Crippen LogP contribution in [0.4, 0.5) is 5.69 Å². The van der Waals surface area contributed by atoms with Crippen LogP contribution < -0.4 is 11.1 Å². The van der Waals surface area contributed by atoms with Crippen molar-refractivity contribution in [2.24, 2.45) is 5.73 Å². The van der Waals surface area contributed by atoms with Crippen molar-refractivity contribution in [3.05, 3.63) is 29.8 Å². The molecule has 5 heteroatoms. The molecule has 0 aliphatic carbocycles. The molecule has 5 nitrogen and oxygen atoms in total. The van der Waals surface area contributed by atoms with Crippen LogP contribution in [-0.2, 0) is 16.1 Å². The van der Waals surface area contributed by atoms with E-state index in [1.807, 2.05) is 24.3 Å². The Morgan fingerprint density at radius 1 is 1.38 bits per heavy atom. The van der Waals surface area contributed by atoms with Gasteiger partial charge in [0, 0.05) is 25.3 Å². The molecule has 0 spiro atoms. The van der Waals surface area contributed by atoms with Crippen molar-refractivity contribution in [3.63, 3.8) is 0 Å². The second kappa shape index (κ2) is 7.02. The molecule has 1 aromatic rings. The topological polar surface area (TPSA) is 67.6 Å². The number of para-hydroxylation sites is 1. The van der Waals surface area contributed by atoms with E-state index in [9.17, 15) is 4.79 Å². The number of carbonyl (C=O) groups excluding carboxylic acids is 1. The molecule has 1 amide bonds. The summed E-state index contributed by atoms with van der Waals surface area (Å²) in [6.07, 6.45) is 0.471. The van der Waals surface area contributed by atoms with Crippen molar-refractivity contribution >= 4 is 11.6 Å². The Morgan fingerprint density at radius 3 is 2.62 bits per heavy atom. The summed E-state index contributed by atoms with van der Waals surface area (Å²) in [6.45, 7) is 8.47. The lowest BCUT2D eigenvalue weighted by Gasteiger charge is -2.35. The smallest absolute Gasteiger partial charge is 0.241 e. The van der Waals surface area contributed by atoms with Crippen LogP contribution in [0.15, 0.2) is 24.3 Å². The van der Waals surface area contributed by atoms with Gasteiger partial charge in [0.15, 0.2) is 0 Å². The van der Waals surface area contributed by atoms with E-state index in [1.54, 1.807) is 6.92 Å². The van der Waals surface area contributed by atoms with Crippen LogP contribution in [0.1, 0.15) is 26.3 Å². The van der Waals surface area contributed by atoms with Crippen LogP contribution in [0.3, 0.4) is 0 Å². The molecule has 0 bridgehead atoms. The minimum atomic E-state index is -0.513. The molecule has 3 N–H and O–H groups in total. The monoisotopic (exact) mass is 291 g/mol. The van der Waals surface area contributed by atoms with E-state index in [2.05, 4.69) is 24.1 Å². The maximum absolute atomic E-state index is 11.8. The van der Waals surface area contributed by atoms with Gasteiger partial charge in [-0.05, 0) is 32.4 Å². The fourth-order valence-electron chi connectivity index (χ4n) is 2.68. The number of hydrogen-bond acceptors (Lipinski definition) is 4. The minimum Gasteiger partial charge on any atom is -0.373 e. The first-order chi connectivity index (χ1) is 9.95. The van der Waals surface area contributed by atoms with Gasteiger partial charge in [0.1, 0.15) is 0 Å². The molecule has 0 radical (unpaired) electrons. The second-order valence-electron chi connectivity index (χ2n) is 5.89. The minimum absolute atomic E-state index is 0.161. The molecule has 1 aliphatic rings. The van der Waals surface area contributed by atoms with Crippen LogP contribution in [0.5, 0.6) is 0 Å². The number of nitrogens with two attached hydrogens (primary N) is 1. The average Bonchev–Trinajstić information content (AvgIpc) is 2.39. The summed E-state index contributed by atoms with van der Waals surface area (Å²) in [5, 5.41) is 2.90. The maximum Gasteiger partial charge on any atom is 0.241 e. The van der Waals surface area contributed by atoms with Gasteiger partial charge in [-0.15, -0.1) is 0 Å². The first kappa shape index (κ1) is 15.9. The van der Waals surface area contributed by atoms with Gasteiger partial charge in [0.25, 0.3) is 0 Å². The van der Waals surface area contributed by atoms with Crippen molar-refractivity contribution in [1.29, 1.82) is 0 Å². The summed E-state index contributed by atoms with van der Waals surface area (Å²) >= 11 is 0. The van der Waals surface area contributed by atoms with E-state index in [-0.39, 0.29) is 18.1 Å². The highest BCUT2D eigenvalue weighted by Crippen LogP contribution is 2.20. The largest absolute Gasteiger partial charge is 0.373 e. The number of amides is 1. The van der Waals surface area contributed by atoms with Crippen LogP contribution in [0.25, 0.3) is 0 Å². The first-order valence-corrected chi connectivity index (χ1v) is 7.48. The zero-order valence-corrected chi connectivity index (χ0v) is 13.0. The van der Waals surface area contributed by atoms with Gasteiger partial charge in [-0.3, -0.25) is 9.69 Å². The summed E-state index contributed by atoms with van der Waals surface area (Å²) in [4.78, 5) is 14.1. The SMILES string of the molecule is CC1CN(Cc2ccccc2NC(=O)C(C)N)CC(C)O1. The molecule has 21 heavy (non-hydrogen) atoms.